The van der Waals surface area contributed by atoms with Gasteiger partial charge in [0.1, 0.15) is 11.8 Å². The lowest BCUT2D eigenvalue weighted by Crippen LogP contribution is -2.15. The molecule has 2 aromatic rings. The number of benzene rings is 1. The Morgan fingerprint density at radius 1 is 1.28 bits per heavy atom. The predicted octanol–water partition coefficient (Wildman–Crippen LogP) is 3.64. The highest BCUT2D eigenvalue weighted by atomic mass is 16.5. The van der Waals surface area contributed by atoms with Gasteiger partial charge in [0.15, 0.2) is 5.69 Å². The first kappa shape index (κ1) is 16.9. The Labute approximate surface area is 146 Å². The zero-order valence-corrected chi connectivity index (χ0v) is 14.6. The zero-order chi connectivity index (χ0) is 18.0. The minimum Gasteiger partial charge on any atom is -0.360 e. The van der Waals surface area contributed by atoms with Crippen molar-refractivity contribution >= 4 is 17.2 Å². The molecule has 0 unspecified atom stereocenters. The van der Waals surface area contributed by atoms with Crippen LogP contribution in [0.2, 0.25) is 0 Å². The third kappa shape index (κ3) is 3.61. The van der Waals surface area contributed by atoms with Crippen molar-refractivity contribution in [3.63, 3.8) is 0 Å². The second-order valence-corrected chi connectivity index (χ2v) is 7.18. The third-order valence-corrected chi connectivity index (χ3v) is 4.20. The number of aryl methyl sites for hydroxylation is 2. The summed E-state index contributed by atoms with van der Waals surface area (Å²) in [6.45, 7) is 5.86. The topological polar surface area (TPSA) is 91.3 Å². The average molecular weight is 336 g/mol. The first-order valence-corrected chi connectivity index (χ1v) is 8.26. The molecular formula is C19H20N4O2. The number of anilines is 1. The van der Waals surface area contributed by atoms with E-state index >= 15 is 0 Å². The van der Waals surface area contributed by atoms with Crippen LogP contribution in [-0.4, -0.2) is 16.7 Å². The maximum absolute atomic E-state index is 12.4. The van der Waals surface area contributed by atoms with Crippen molar-refractivity contribution in [2.24, 2.45) is 5.10 Å². The minimum absolute atomic E-state index is 0.0842. The van der Waals surface area contributed by atoms with E-state index in [0.29, 0.717) is 5.76 Å². The van der Waals surface area contributed by atoms with Crippen LogP contribution in [0.5, 0.6) is 0 Å². The van der Waals surface area contributed by atoms with Gasteiger partial charge in [-0.05, 0) is 42.5 Å². The van der Waals surface area contributed by atoms with Crippen molar-refractivity contribution < 1.29 is 9.32 Å². The number of carbonyl (C=O) groups excluding carboxylic acids is 1. The lowest BCUT2D eigenvalue weighted by Gasteiger charge is -2.11. The highest BCUT2D eigenvalue weighted by molar-refractivity contribution is 6.51. The minimum atomic E-state index is -0.560. The van der Waals surface area contributed by atoms with Gasteiger partial charge in [-0.25, -0.2) is 0 Å². The fourth-order valence-electron chi connectivity index (χ4n) is 2.75. The smallest absolute Gasteiger partial charge is 0.245 e. The highest BCUT2D eigenvalue weighted by Crippen LogP contribution is 2.25. The van der Waals surface area contributed by atoms with E-state index in [-0.39, 0.29) is 16.8 Å². The molecule has 0 bridgehead atoms. The fraction of sp³-hybridized carbons (Fsp3) is 0.368. The maximum Gasteiger partial charge on any atom is 0.245 e. The van der Waals surface area contributed by atoms with Crippen molar-refractivity contribution in [1.82, 2.24) is 5.16 Å². The number of nitriles is 1. The summed E-state index contributed by atoms with van der Waals surface area (Å²) in [5, 5.41) is 17.0. The van der Waals surface area contributed by atoms with E-state index in [4.69, 9.17) is 4.52 Å². The van der Waals surface area contributed by atoms with Crippen LogP contribution in [0.4, 0.5) is 5.69 Å². The summed E-state index contributed by atoms with van der Waals surface area (Å²) in [5.74, 6) is 0.0233. The number of hydrogen-bond donors (Lipinski definition) is 1. The van der Waals surface area contributed by atoms with E-state index in [1.165, 1.54) is 11.1 Å². The number of rotatable bonds is 4. The fourth-order valence-corrected chi connectivity index (χ4v) is 2.75. The molecule has 0 atom stereocenters. The summed E-state index contributed by atoms with van der Waals surface area (Å²) < 4.78 is 5.20. The molecule has 1 aromatic heterocycles. The van der Waals surface area contributed by atoms with Crippen molar-refractivity contribution in [3.8, 4) is 6.07 Å². The van der Waals surface area contributed by atoms with E-state index in [0.717, 1.165) is 24.9 Å². The van der Waals surface area contributed by atoms with Crippen molar-refractivity contribution in [2.45, 2.75) is 45.4 Å². The number of carbonyl (C=O) groups is 1. The van der Waals surface area contributed by atoms with Crippen LogP contribution in [0, 0.1) is 11.3 Å². The number of fused-ring (bicyclic) bond motifs is 1. The van der Waals surface area contributed by atoms with Crippen molar-refractivity contribution in [2.75, 3.05) is 5.43 Å². The van der Waals surface area contributed by atoms with E-state index in [9.17, 15) is 10.1 Å². The van der Waals surface area contributed by atoms with Crippen LogP contribution in [0.15, 0.2) is 33.9 Å². The van der Waals surface area contributed by atoms with E-state index in [2.05, 4.69) is 21.8 Å². The van der Waals surface area contributed by atoms with Gasteiger partial charge in [0.2, 0.25) is 11.5 Å². The van der Waals surface area contributed by atoms with Gasteiger partial charge < -0.3 is 4.52 Å². The van der Waals surface area contributed by atoms with Crippen LogP contribution < -0.4 is 5.43 Å². The molecule has 6 nitrogen and oxygen atoms in total. The van der Waals surface area contributed by atoms with Crippen LogP contribution in [-0.2, 0) is 18.3 Å². The van der Waals surface area contributed by atoms with Crippen molar-refractivity contribution in [3.05, 3.63) is 46.8 Å². The summed E-state index contributed by atoms with van der Waals surface area (Å²) in [4.78, 5) is 12.4. The van der Waals surface area contributed by atoms with Crippen LogP contribution in [0.25, 0.3) is 0 Å². The number of Topliss-reactive ketones (excluding diaryl/α,β-unsaturated/α-hetero) is 1. The summed E-state index contributed by atoms with van der Waals surface area (Å²) in [6.07, 6.45) is 3.31. The summed E-state index contributed by atoms with van der Waals surface area (Å²) in [5.41, 5.74) is 5.76. The molecule has 0 amide bonds. The van der Waals surface area contributed by atoms with Gasteiger partial charge in [0, 0.05) is 11.5 Å². The Balaban J connectivity index is 1.77. The SMILES string of the molecule is CC(C)(C)c1cc(C(=O)/C(C#N)=N/Nc2ccc3c(c2)CCC3)no1. The standard InChI is InChI=1S/C19H20N4O2/c1-19(2,3)17-10-15(23-25-17)18(24)16(11-20)22-21-14-8-7-12-5-4-6-13(12)9-14/h7-10,21H,4-6H2,1-3H3/b22-16+. The van der Waals surface area contributed by atoms with Gasteiger partial charge in [0.25, 0.3) is 0 Å². The molecule has 1 N–H and O–H groups in total. The zero-order valence-electron chi connectivity index (χ0n) is 14.6. The molecule has 1 aliphatic carbocycles. The van der Waals surface area contributed by atoms with Crippen molar-refractivity contribution in [1.29, 1.82) is 5.26 Å². The normalized spacial score (nSPS) is 14.1. The van der Waals surface area contributed by atoms with Gasteiger partial charge in [-0.15, -0.1) is 0 Å². The molecule has 1 aromatic carbocycles. The Morgan fingerprint density at radius 2 is 2.04 bits per heavy atom. The predicted molar refractivity (Wildman–Crippen MR) is 94.7 cm³/mol. The molecule has 6 heteroatoms. The molecule has 0 spiro atoms. The summed E-state index contributed by atoms with van der Waals surface area (Å²) in [6, 6.07) is 9.36. The van der Waals surface area contributed by atoms with Gasteiger partial charge in [-0.1, -0.05) is 32.0 Å². The van der Waals surface area contributed by atoms with Gasteiger partial charge in [0.05, 0.1) is 5.69 Å². The molecule has 3 rings (SSSR count). The molecule has 0 saturated heterocycles. The molecular weight excluding hydrogens is 316 g/mol. The average Bonchev–Trinajstić information content (AvgIpc) is 3.23. The Kier molecular flexibility index (Phi) is 4.41. The van der Waals surface area contributed by atoms with E-state index in [1.807, 2.05) is 39.0 Å². The Bertz CT molecular complexity index is 882. The number of nitrogens with zero attached hydrogens (tertiary/aromatic N) is 3. The lowest BCUT2D eigenvalue weighted by atomic mass is 9.93. The number of hydrogen-bond acceptors (Lipinski definition) is 6. The number of nitrogens with one attached hydrogen (secondary N) is 1. The number of ketones is 1. The lowest BCUT2D eigenvalue weighted by molar-refractivity contribution is 0.105. The second kappa shape index (κ2) is 6.52. The van der Waals surface area contributed by atoms with Crippen LogP contribution in [0.3, 0.4) is 0 Å². The number of aromatic nitrogens is 1. The van der Waals surface area contributed by atoms with Crippen LogP contribution >= 0.6 is 0 Å². The molecule has 1 heterocycles. The Morgan fingerprint density at radius 3 is 2.72 bits per heavy atom. The maximum atomic E-state index is 12.4. The van der Waals surface area contributed by atoms with Gasteiger partial charge in [-0.2, -0.15) is 10.4 Å². The van der Waals surface area contributed by atoms with Crippen LogP contribution in [0.1, 0.15) is 54.6 Å². The number of hydrazone groups is 1. The largest absolute Gasteiger partial charge is 0.360 e. The molecule has 128 valence electrons. The quantitative estimate of drug-likeness (QED) is 0.523. The summed E-state index contributed by atoms with van der Waals surface area (Å²) in [7, 11) is 0. The molecule has 0 aliphatic heterocycles. The van der Waals surface area contributed by atoms with Gasteiger partial charge in [-0.3, -0.25) is 10.2 Å². The molecule has 0 fully saturated rings. The second-order valence-electron chi connectivity index (χ2n) is 7.18. The Hall–Kier alpha value is -2.94. The molecule has 25 heavy (non-hydrogen) atoms. The molecule has 1 aliphatic rings. The molecule has 0 radical (unpaired) electrons. The van der Waals surface area contributed by atoms with E-state index < -0.39 is 5.78 Å². The van der Waals surface area contributed by atoms with Gasteiger partial charge >= 0.3 is 0 Å². The monoisotopic (exact) mass is 336 g/mol. The highest BCUT2D eigenvalue weighted by Gasteiger charge is 2.24. The molecule has 0 saturated carbocycles. The summed E-state index contributed by atoms with van der Waals surface area (Å²) >= 11 is 0. The first-order chi connectivity index (χ1) is 11.9. The first-order valence-electron chi connectivity index (χ1n) is 8.26. The third-order valence-electron chi connectivity index (χ3n) is 4.20. The van der Waals surface area contributed by atoms with E-state index in [1.54, 1.807) is 6.07 Å².